The molecule has 3 heteroatoms. The van der Waals surface area contributed by atoms with Gasteiger partial charge >= 0.3 is 0 Å². The fourth-order valence-corrected chi connectivity index (χ4v) is 2.84. The third-order valence-corrected chi connectivity index (χ3v) is 4.15. The van der Waals surface area contributed by atoms with Crippen molar-refractivity contribution >= 4 is 11.0 Å². The number of aromatic nitrogens is 2. The average molecular weight is 264 g/mol. The smallest absolute Gasteiger partial charge is 0.123 e. The lowest BCUT2D eigenvalue weighted by Gasteiger charge is -2.03. The summed E-state index contributed by atoms with van der Waals surface area (Å²) < 4.78 is 5.75. The van der Waals surface area contributed by atoms with E-state index < -0.39 is 0 Å². The van der Waals surface area contributed by atoms with Crippen LogP contribution in [-0.4, -0.2) is 16.6 Å². The highest BCUT2D eigenvalue weighted by Crippen LogP contribution is 2.37. The molecule has 100 valence electrons. The largest absolute Gasteiger partial charge is 0.492 e. The minimum Gasteiger partial charge on any atom is -0.492 e. The van der Waals surface area contributed by atoms with Crippen molar-refractivity contribution < 1.29 is 4.74 Å². The van der Waals surface area contributed by atoms with Gasteiger partial charge in [-0.05, 0) is 43.2 Å². The molecule has 20 heavy (non-hydrogen) atoms. The Morgan fingerprint density at radius 3 is 2.85 bits per heavy atom. The van der Waals surface area contributed by atoms with E-state index in [-0.39, 0.29) is 5.92 Å². The molecule has 0 fully saturated rings. The van der Waals surface area contributed by atoms with Gasteiger partial charge in [-0.2, -0.15) is 0 Å². The number of para-hydroxylation sites is 1. The van der Waals surface area contributed by atoms with Crippen LogP contribution in [0.2, 0.25) is 0 Å². The third kappa shape index (κ3) is 1.63. The van der Waals surface area contributed by atoms with E-state index in [9.17, 15) is 0 Å². The molecule has 0 aliphatic carbocycles. The summed E-state index contributed by atoms with van der Waals surface area (Å²) in [6, 6.07) is 12.5. The van der Waals surface area contributed by atoms with Crippen LogP contribution in [0, 0.1) is 13.8 Å². The van der Waals surface area contributed by atoms with Gasteiger partial charge in [0, 0.05) is 5.56 Å². The molecule has 4 rings (SSSR count). The van der Waals surface area contributed by atoms with Crippen LogP contribution in [0.25, 0.3) is 11.0 Å². The van der Waals surface area contributed by atoms with Crippen LogP contribution in [0.5, 0.6) is 5.75 Å². The Balaban J connectivity index is 1.84. The van der Waals surface area contributed by atoms with Crippen molar-refractivity contribution in [1.29, 1.82) is 0 Å². The van der Waals surface area contributed by atoms with Gasteiger partial charge in [0.05, 0.1) is 17.0 Å². The number of hydrogen-bond acceptors (Lipinski definition) is 2. The lowest BCUT2D eigenvalue weighted by molar-refractivity contribution is 0.340. The minimum atomic E-state index is 0.208. The summed E-state index contributed by atoms with van der Waals surface area (Å²) in [6.07, 6.45) is 0. The lowest BCUT2D eigenvalue weighted by Crippen LogP contribution is -2.04. The van der Waals surface area contributed by atoms with E-state index in [1.54, 1.807) is 0 Å². The predicted octanol–water partition coefficient (Wildman–Crippen LogP) is 3.70. The van der Waals surface area contributed by atoms with Gasteiger partial charge in [0.1, 0.15) is 18.2 Å². The fraction of sp³-hybridized carbons (Fsp3) is 0.235. The van der Waals surface area contributed by atoms with E-state index >= 15 is 0 Å². The third-order valence-electron chi connectivity index (χ3n) is 4.15. The summed E-state index contributed by atoms with van der Waals surface area (Å²) in [5.74, 6) is 2.18. The van der Waals surface area contributed by atoms with E-state index in [2.05, 4.69) is 43.1 Å². The first-order valence-corrected chi connectivity index (χ1v) is 6.91. The van der Waals surface area contributed by atoms with Crippen LogP contribution < -0.4 is 4.74 Å². The average Bonchev–Trinajstić information content (AvgIpc) is 3.02. The highest BCUT2D eigenvalue weighted by atomic mass is 16.5. The molecule has 2 heterocycles. The Labute approximate surface area is 117 Å². The lowest BCUT2D eigenvalue weighted by atomic mass is 10.0. The molecule has 1 aliphatic rings. The monoisotopic (exact) mass is 264 g/mol. The van der Waals surface area contributed by atoms with Crippen molar-refractivity contribution in [1.82, 2.24) is 9.97 Å². The molecule has 3 nitrogen and oxygen atoms in total. The van der Waals surface area contributed by atoms with Gasteiger partial charge in [0.25, 0.3) is 0 Å². The zero-order chi connectivity index (χ0) is 13.7. The molecule has 1 aliphatic heterocycles. The number of nitrogens with zero attached hydrogens (tertiary/aromatic N) is 1. The number of H-pyrrole nitrogens is 1. The molecule has 0 bridgehead atoms. The second-order valence-electron chi connectivity index (χ2n) is 5.48. The molecule has 0 amide bonds. The maximum atomic E-state index is 5.75. The van der Waals surface area contributed by atoms with Crippen LogP contribution in [0.1, 0.15) is 28.4 Å². The number of aryl methyl sites for hydroxylation is 2. The molecule has 1 N–H and O–H groups in total. The fourth-order valence-electron chi connectivity index (χ4n) is 2.84. The van der Waals surface area contributed by atoms with E-state index in [0.29, 0.717) is 6.61 Å². The summed E-state index contributed by atoms with van der Waals surface area (Å²) >= 11 is 0. The Bertz CT molecular complexity index is 765. The molecule has 1 atom stereocenters. The van der Waals surface area contributed by atoms with Gasteiger partial charge in [-0.15, -0.1) is 0 Å². The van der Waals surface area contributed by atoms with Gasteiger partial charge in [0.2, 0.25) is 0 Å². The van der Waals surface area contributed by atoms with Crippen LogP contribution >= 0.6 is 0 Å². The first-order valence-electron chi connectivity index (χ1n) is 6.91. The van der Waals surface area contributed by atoms with Gasteiger partial charge in [0.15, 0.2) is 0 Å². The molecule has 0 saturated heterocycles. The van der Waals surface area contributed by atoms with Crippen molar-refractivity contribution in [3.8, 4) is 5.75 Å². The van der Waals surface area contributed by atoms with E-state index in [0.717, 1.165) is 22.6 Å². The maximum absolute atomic E-state index is 5.75. The predicted molar refractivity (Wildman–Crippen MR) is 79.3 cm³/mol. The number of hydrogen-bond donors (Lipinski definition) is 1. The van der Waals surface area contributed by atoms with Gasteiger partial charge < -0.3 is 9.72 Å². The highest BCUT2D eigenvalue weighted by molar-refractivity contribution is 5.77. The Morgan fingerprint density at radius 2 is 1.95 bits per heavy atom. The summed E-state index contributed by atoms with van der Waals surface area (Å²) in [4.78, 5) is 8.22. The number of rotatable bonds is 1. The number of nitrogens with one attached hydrogen (secondary N) is 1. The molecule has 2 aromatic carbocycles. The summed E-state index contributed by atoms with van der Waals surface area (Å²) in [6.45, 7) is 4.91. The van der Waals surface area contributed by atoms with Crippen LogP contribution in [0.15, 0.2) is 36.4 Å². The number of aromatic amines is 1. The number of imidazole rings is 1. The van der Waals surface area contributed by atoms with Gasteiger partial charge in [-0.3, -0.25) is 0 Å². The van der Waals surface area contributed by atoms with Crippen molar-refractivity contribution in [2.45, 2.75) is 19.8 Å². The van der Waals surface area contributed by atoms with E-state index in [4.69, 9.17) is 9.72 Å². The number of fused-ring (bicyclic) bond motifs is 2. The highest BCUT2D eigenvalue weighted by Gasteiger charge is 2.27. The van der Waals surface area contributed by atoms with Crippen molar-refractivity contribution in [3.63, 3.8) is 0 Å². The minimum absolute atomic E-state index is 0.208. The standard InChI is InChI=1S/C17H16N2O/c1-10-7-14-15(8-11(10)2)19-17(18-14)13-9-20-16-6-4-3-5-12(13)16/h3-8,13H,9H2,1-2H3,(H,18,19). The maximum Gasteiger partial charge on any atom is 0.123 e. The summed E-state index contributed by atoms with van der Waals surface area (Å²) in [5, 5.41) is 0. The number of ether oxygens (including phenoxy) is 1. The zero-order valence-electron chi connectivity index (χ0n) is 11.6. The second-order valence-corrected chi connectivity index (χ2v) is 5.48. The topological polar surface area (TPSA) is 37.9 Å². The van der Waals surface area contributed by atoms with Gasteiger partial charge in [-0.1, -0.05) is 18.2 Å². The van der Waals surface area contributed by atoms with E-state index in [1.807, 2.05) is 12.1 Å². The zero-order valence-corrected chi connectivity index (χ0v) is 11.6. The van der Waals surface area contributed by atoms with Crippen molar-refractivity contribution in [2.24, 2.45) is 0 Å². The Morgan fingerprint density at radius 1 is 1.15 bits per heavy atom. The first kappa shape index (κ1) is 11.5. The quantitative estimate of drug-likeness (QED) is 0.727. The molecule has 0 radical (unpaired) electrons. The van der Waals surface area contributed by atoms with Crippen molar-refractivity contribution in [2.75, 3.05) is 6.61 Å². The molecule has 3 aromatic rings. The summed E-state index contributed by atoms with van der Waals surface area (Å²) in [7, 11) is 0. The van der Waals surface area contributed by atoms with Gasteiger partial charge in [-0.25, -0.2) is 4.98 Å². The molecule has 0 saturated carbocycles. The molecule has 1 aromatic heterocycles. The number of benzene rings is 2. The SMILES string of the molecule is Cc1cc2nc(C3COc4ccccc43)[nH]c2cc1C. The molecular formula is C17H16N2O. The second kappa shape index (κ2) is 4.10. The molecule has 0 spiro atoms. The van der Waals surface area contributed by atoms with Crippen LogP contribution in [-0.2, 0) is 0 Å². The van der Waals surface area contributed by atoms with Crippen LogP contribution in [0.3, 0.4) is 0 Å². The van der Waals surface area contributed by atoms with E-state index in [1.165, 1.54) is 16.7 Å². The normalized spacial score (nSPS) is 17.2. The first-order chi connectivity index (χ1) is 9.72. The van der Waals surface area contributed by atoms with Crippen LogP contribution in [0.4, 0.5) is 0 Å². The molecular weight excluding hydrogens is 248 g/mol. The van der Waals surface area contributed by atoms with Crippen molar-refractivity contribution in [3.05, 3.63) is 58.9 Å². The Hall–Kier alpha value is -2.29. The summed E-state index contributed by atoms with van der Waals surface area (Å²) in [5.41, 5.74) is 5.93. The molecule has 1 unspecified atom stereocenters. The Kier molecular flexibility index (Phi) is 2.36.